The van der Waals surface area contributed by atoms with Crippen molar-refractivity contribution in [3.63, 3.8) is 0 Å². The summed E-state index contributed by atoms with van der Waals surface area (Å²) < 4.78 is 68.7. The van der Waals surface area contributed by atoms with Crippen molar-refractivity contribution >= 4 is 55.2 Å². The molecule has 0 saturated carbocycles. The Kier molecular flexibility index (Phi) is 8.28. The molecule has 1 heterocycles. The first-order valence-electron chi connectivity index (χ1n) is 11.0. The predicted octanol–water partition coefficient (Wildman–Crippen LogP) is 4.33. The lowest BCUT2D eigenvalue weighted by Crippen LogP contribution is -2.23. The molecule has 4 rings (SSSR count). The normalized spacial score (nSPS) is 11.9. The zero-order valence-electron chi connectivity index (χ0n) is 19.8. The Labute approximate surface area is 234 Å². The van der Waals surface area contributed by atoms with Crippen LogP contribution in [0.25, 0.3) is 11.1 Å². The summed E-state index contributed by atoms with van der Waals surface area (Å²) in [6.45, 7) is -0.137. The monoisotopic (exact) mass is 611 g/mol. The van der Waals surface area contributed by atoms with Crippen LogP contribution >= 0.6 is 23.2 Å². The molecule has 0 radical (unpaired) electrons. The van der Waals surface area contributed by atoms with Crippen LogP contribution in [0.15, 0.2) is 76.5 Å². The molecular weight excluding hydrogens is 592 g/mol. The molecule has 10 nitrogen and oxygen atoms in total. The molecule has 4 aromatic rings. The van der Waals surface area contributed by atoms with Crippen molar-refractivity contribution in [2.75, 3.05) is 11.5 Å². The second kappa shape index (κ2) is 11.3. The molecule has 1 aromatic heterocycles. The van der Waals surface area contributed by atoms with E-state index >= 15 is 0 Å². The first-order valence-corrected chi connectivity index (χ1v) is 14.6. The second-order valence-electron chi connectivity index (χ2n) is 8.09. The van der Waals surface area contributed by atoms with Gasteiger partial charge in [0.1, 0.15) is 18.2 Å². The van der Waals surface area contributed by atoms with Gasteiger partial charge in [-0.1, -0.05) is 47.5 Å². The Hall–Kier alpha value is -3.49. The topological polar surface area (TPSA) is 167 Å². The maximum absolute atomic E-state index is 13.2. The number of benzene rings is 3. The number of nitrogens with zero attached hydrogens (tertiary/aromatic N) is 2. The Bertz CT molecular complexity index is 1760. The van der Waals surface area contributed by atoms with Crippen molar-refractivity contribution in [3.05, 3.63) is 88.0 Å². The van der Waals surface area contributed by atoms with Crippen LogP contribution in [0.3, 0.4) is 0 Å². The lowest BCUT2D eigenvalue weighted by molar-refractivity contribution is 0.302. The van der Waals surface area contributed by atoms with Gasteiger partial charge in [0.2, 0.25) is 16.0 Å². The van der Waals surface area contributed by atoms with Gasteiger partial charge in [-0.25, -0.2) is 18.1 Å². The van der Waals surface area contributed by atoms with Crippen LogP contribution in [0.5, 0.6) is 5.75 Å². The molecule has 0 aliphatic carbocycles. The van der Waals surface area contributed by atoms with Crippen molar-refractivity contribution in [1.82, 2.24) is 14.7 Å². The predicted molar refractivity (Wildman–Crippen MR) is 146 cm³/mol. The molecule has 3 aromatic carbocycles. The van der Waals surface area contributed by atoms with E-state index in [1.54, 1.807) is 42.5 Å². The Morgan fingerprint density at radius 3 is 2.23 bits per heavy atom. The second-order valence-corrected chi connectivity index (χ2v) is 12.0. The third-order valence-electron chi connectivity index (χ3n) is 5.40. The number of nitrogen functional groups attached to an aromatic ring is 2. The fraction of sp³-hybridized carbons (Fsp3) is 0.0833. The van der Waals surface area contributed by atoms with Crippen molar-refractivity contribution in [1.29, 1.82) is 0 Å². The number of sulfonamides is 1. The SMILES string of the molecule is Nc1nc(N)c(-c2ccc(Cl)c(Cl)c2)c(COc2ccc(CNS(=O)(=O)c3cccc(S(=O)(=O)F)c3)cc2)n1. The largest absolute Gasteiger partial charge is 0.487 e. The number of hydrogen-bond donors (Lipinski definition) is 3. The lowest BCUT2D eigenvalue weighted by atomic mass is 10.0. The highest BCUT2D eigenvalue weighted by atomic mass is 35.5. The standard InChI is InChI=1S/C24H20Cl2FN5O5S2/c25-19-9-6-15(10-20(19)26)22-21(31-24(29)32-23(22)28)13-37-16-7-4-14(5-8-16)12-30-39(35,36)18-3-1-2-17(11-18)38(27,33)34/h1-11,30H,12-13H2,(H4,28,29,31,32). The highest BCUT2D eigenvalue weighted by Gasteiger charge is 2.19. The maximum atomic E-state index is 13.2. The Balaban J connectivity index is 1.45. The van der Waals surface area contributed by atoms with Crippen LogP contribution in [0, 0.1) is 0 Å². The van der Waals surface area contributed by atoms with Crippen molar-refractivity contribution < 1.29 is 25.5 Å². The summed E-state index contributed by atoms with van der Waals surface area (Å²) in [5, 5.41) is 0.695. The highest BCUT2D eigenvalue weighted by Crippen LogP contribution is 2.33. The lowest BCUT2D eigenvalue weighted by Gasteiger charge is -2.14. The van der Waals surface area contributed by atoms with E-state index in [4.69, 9.17) is 39.4 Å². The van der Waals surface area contributed by atoms with Crippen LogP contribution in [-0.2, 0) is 33.4 Å². The van der Waals surface area contributed by atoms with Gasteiger partial charge in [0, 0.05) is 12.1 Å². The van der Waals surface area contributed by atoms with E-state index in [0.717, 1.165) is 24.3 Å². The minimum Gasteiger partial charge on any atom is -0.487 e. The van der Waals surface area contributed by atoms with Crippen LogP contribution in [-0.4, -0.2) is 26.8 Å². The zero-order chi connectivity index (χ0) is 28.4. The number of nitrogens with one attached hydrogen (secondary N) is 1. The van der Waals surface area contributed by atoms with Crippen molar-refractivity contribution in [3.8, 4) is 16.9 Å². The molecule has 15 heteroatoms. The fourth-order valence-electron chi connectivity index (χ4n) is 3.53. The quantitative estimate of drug-likeness (QED) is 0.233. The van der Waals surface area contributed by atoms with E-state index < -0.39 is 25.1 Å². The molecule has 0 spiro atoms. The number of anilines is 2. The number of ether oxygens (including phenoxy) is 1. The van der Waals surface area contributed by atoms with Gasteiger partial charge in [-0.05, 0) is 53.6 Å². The molecule has 0 unspecified atom stereocenters. The van der Waals surface area contributed by atoms with Crippen LogP contribution in [0.2, 0.25) is 10.0 Å². The van der Waals surface area contributed by atoms with Gasteiger partial charge >= 0.3 is 10.2 Å². The number of hydrogen-bond acceptors (Lipinski definition) is 9. The Morgan fingerprint density at radius 1 is 0.872 bits per heavy atom. The van der Waals surface area contributed by atoms with Gasteiger partial charge < -0.3 is 16.2 Å². The third kappa shape index (κ3) is 6.94. The van der Waals surface area contributed by atoms with Gasteiger partial charge in [0.25, 0.3) is 0 Å². The summed E-state index contributed by atoms with van der Waals surface area (Å²) in [5.74, 6) is 0.544. The highest BCUT2D eigenvalue weighted by molar-refractivity contribution is 7.89. The first-order chi connectivity index (χ1) is 18.3. The molecule has 0 bridgehead atoms. The van der Waals surface area contributed by atoms with Gasteiger partial charge in [0.05, 0.1) is 25.5 Å². The molecule has 0 atom stereocenters. The van der Waals surface area contributed by atoms with Crippen LogP contribution < -0.4 is 20.9 Å². The molecule has 0 aliphatic rings. The van der Waals surface area contributed by atoms with E-state index in [9.17, 15) is 20.7 Å². The summed E-state index contributed by atoms with van der Waals surface area (Å²) >= 11 is 12.2. The summed E-state index contributed by atoms with van der Waals surface area (Å²) in [5.41, 5.74) is 14.0. The minimum atomic E-state index is -5.05. The van der Waals surface area contributed by atoms with Crippen molar-refractivity contribution in [2.24, 2.45) is 0 Å². The summed E-state index contributed by atoms with van der Waals surface area (Å²) in [6, 6.07) is 15.5. The maximum Gasteiger partial charge on any atom is 0.332 e. The van der Waals surface area contributed by atoms with Gasteiger partial charge in [-0.15, -0.1) is 3.89 Å². The summed E-state index contributed by atoms with van der Waals surface area (Å²) in [6.07, 6.45) is 0. The number of rotatable bonds is 9. The van der Waals surface area contributed by atoms with E-state index in [2.05, 4.69) is 14.7 Å². The molecule has 0 aliphatic heterocycles. The van der Waals surface area contributed by atoms with Gasteiger partial charge in [-0.2, -0.15) is 13.4 Å². The van der Waals surface area contributed by atoms with Gasteiger partial charge in [-0.3, -0.25) is 0 Å². The smallest absolute Gasteiger partial charge is 0.332 e. The molecule has 204 valence electrons. The number of nitrogens with two attached hydrogens (primary N) is 2. The van der Waals surface area contributed by atoms with Crippen LogP contribution in [0.1, 0.15) is 11.3 Å². The van der Waals surface area contributed by atoms with E-state index in [1.807, 2.05) is 0 Å². The molecule has 0 fully saturated rings. The van der Waals surface area contributed by atoms with E-state index in [1.165, 1.54) is 0 Å². The van der Waals surface area contributed by atoms with Gasteiger partial charge in [0.15, 0.2) is 0 Å². The summed E-state index contributed by atoms with van der Waals surface area (Å²) in [4.78, 5) is 7.13. The van der Waals surface area contributed by atoms with Crippen LogP contribution in [0.4, 0.5) is 15.7 Å². The molecule has 39 heavy (non-hydrogen) atoms. The molecular formula is C24H20Cl2FN5O5S2. The molecule has 0 saturated heterocycles. The number of aromatic nitrogens is 2. The fourth-order valence-corrected chi connectivity index (χ4v) is 5.47. The minimum absolute atomic E-state index is 0.0215. The van der Waals surface area contributed by atoms with E-state index in [-0.39, 0.29) is 29.8 Å². The Morgan fingerprint density at radius 2 is 1.56 bits per heavy atom. The average molecular weight is 612 g/mol. The molecule has 5 N–H and O–H groups in total. The summed E-state index contributed by atoms with van der Waals surface area (Å²) in [7, 11) is -9.16. The average Bonchev–Trinajstić information content (AvgIpc) is 2.88. The molecule has 0 amide bonds. The zero-order valence-corrected chi connectivity index (χ0v) is 23.0. The number of halogens is 3. The van der Waals surface area contributed by atoms with Crippen molar-refractivity contribution in [2.45, 2.75) is 22.9 Å². The third-order valence-corrected chi connectivity index (χ3v) is 8.36. The van der Waals surface area contributed by atoms with E-state index in [0.29, 0.717) is 38.2 Å². The first kappa shape index (κ1) is 28.5.